The number of hydrogen-bond acceptors (Lipinski definition) is 7. The Morgan fingerprint density at radius 3 is 2.57 bits per heavy atom. The maximum Gasteiger partial charge on any atom is 0.325 e. The molecule has 3 rings (SSSR count). The highest BCUT2D eigenvalue weighted by Crippen LogP contribution is 2.54. The highest BCUT2D eigenvalue weighted by molar-refractivity contribution is 8.15. The van der Waals surface area contributed by atoms with Gasteiger partial charge in [-0.3, -0.25) is 24.1 Å². The maximum atomic E-state index is 13.5. The van der Waals surface area contributed by atoms with Crippen LogP contribution in [0.1, 0.15) is 31.9 Å². The zero-order chi connectivity index (χ0) is 20.6. The van der Waals surface area contributed by atoms with Gasteiger partial charge in [0.2, 0.25) is 16.7 Å². The molecule has 0 fully saturated rings. The van der Waals surface area contributed by atoms with E-state index in [2.05, 4.69) is 10.4 Å². The molecular weight excluding hydrogens is 384 g/mol. The molecule has 3 amide bonds. The van der Waals surface area contributed by atoms with Crippen molar-refractivity contribution >= 4 is 46.3 Å². The number of nitrogens with zero attached hydrogens (tertiary/aromatic N) is 3. The van der Waals surface area contributed by atoms with Crippen molar-refractivity contribution in [1.82, 2.24) is 10.3 Å². The van der Waals surface area contributed by atoms with E-state index in [4.69, 9.17) is 4.74 Å². The number of amidine groups is 1. The predicted molar refractivity (Wildman–Crippen MR) is 103 cm³/mol. The summed E-state index contributed by atoms with van der Waals surface area (Å²) in [6, 6.07) is 5.45. The van der Waals surface area contributed by atoms with Crippen molar-refractivity contribution in [3.05, 3.63) is 29.3 Å². The van der Waals surface area contributed by atoms with Gasteiger partial charge >= 0.3 is 5.97 Å². The maximum absolute atomic E-state index is 13.5. The molecule has 1 aromatic carbocycles. The quantitative estimate of drug-likeness (QED) is 0.751. The highest BCUT2D eigenvalue weighted by atomic mass is 32.2. The third kappa shape index (κ3) is 3.03. The number of hydrogen-bond donors (Lipinski definition) is 1. The van der Waals surface area contributed by atoms with Crippen molar-refractivity contribution in [3.8, 4) is 0 Å². The van der Waals surface area contributed by atoms with E-state index >= 15 is 0 Å². The van der Waals surface area contributed by atoms with E-state index in [1.165, 1.54) is 25.9 Å². The number of carbonyl (C=O) groups excluding carboxylic acids is 4. The van der Waals surface area contributed by atoms with E-state index in [-0.39, 0.29) is 17.6 Å². The molecule has 2 heterocycles. The van der Waals surface area contributed by atoms with Crippen LogP contribution in [-0.4, -0.2) is 47.5 Å². The van der Waals surface area contributed by atoms with Gasteiger partial charge in [0, 0.05) is 19.4 Å². The first kappa shape index (κ1) is 19.9. The molecule has 0 bridgehead atoms. The summed E-state index contributed by atoms with van der Waals surface area (Å²) in [6.45, 7) is 4.29. The Balaban J connectivity index is 2.17. The van der Waals surface area contributed by atoms with Gasteiger partial charge in [-0.1, -0.05) is 13.0 Å². The minimum Gasteiger partial charge on any atom is -0.468 e. The Labute approximate surface area is 166 Å². The number of hydrazone groups is 1. The van der Waals surface area contributed by atoms with Crippen molar-refractivity contribution in [2.24, 2.45) is 5.10 Å². The summed E-state index contributed by atoms with van der Waals surface area (Å²) < 4.78 is 4.71. The Kier molecular flexibility index (Phi) is 5.16. The Morgan fingerprint density at radius 1 is 1.29 bits per heavy atom. The fraction of sp³-hybridized carbons (Fsp3) is 0.389. The summed E-state index contributed by atoms with van der Waals surface area (Å²) in [5, 5.41) is 7.92. The standard InChI is InChI=1S/C18H20N4O5S/c1-5-12-6-7-14-13(8-12)18(16(26)21(14)9-15(25)27-4)22(11(3)24)20-17(28-18)19-10(2)23/h6-8H,5,9H2,1-4H3,(H,19,20,23). The number of esters is 1. The monoisotopic (exact) mass is 404 g/mol. The molecule has 1 N–H and O–H groups in total. The number of nitrogens with one attached hydrogen (secondary N) is 1. The number of benzene rings is 1. The van der Waals surface area contributed by atoms with Crippen LogP contribution in [0.15, 0.2) is 23.3 Å². The summed E-state index contributed by atoms with van der Waals surface area (Å²) in [5.41, 5.74) is 2.01. The molecule has 0 aromatic heterocycles. The molecule has 9 nitrogen and oxygen atoms in total. The number of carbonyl (C=O) groups is 4. The molecule has 1 spiro atoms. The summed E-state index contributed by atoms with van der Waals surface area (Å²) in [6.07, 6.45) is 0.721. The normalized spacial score (nSPS) is 20.3. The van der Waals surface area contributed by atoms with Crippen molar-refractivity contribution in [2.75, 3.05) is 18.6 Å². The zero-order valence-corrected chi connectivity index (χ0v) is 16.8. The second kappa shape index (κ2) is 7.27. The van der Waals surface area contributed by atoms with Crippen molar-refractivity contribution < 1.29 is 23.9 Å². The summed E-state index contributed by atoms with van der Waals surface area (Å²) >= 11 is 0.974. The lowest BCUT2D eigenvalue weighted by Gasteiger charge is -2.29. The lowest BCUT2D eigenvalue weighted by Crippen LogP contribution is -2.49. The number of thioether (sulfide) groups is 1. The fourth-order valence-electron chi connectivity index (χ4n) is 3.23. The second-order valence-electron chi connectivity index (χ2n) is 6.34. The molecule has 0 saturated carbocycles. The molecule has 0 saturated heterocycles. The third-order valence-corrected chi connectivity index (χ3v) is 5.73. The predicted octanol–water partition coefficient (Wildman–Crippen LogP) is 0.924. The summed E-state index contributed by atoms with van der Waals surface area (Å²) in [4.78, 5) is 49.0. The van der Waals surface area contributed by atoms with Gasteiger partial charge in [0.1, 0.15) is 6.54 Å². The zero-order valence-electron chi connectivity index (χ0n) is 15.9. The van der Waals surface area contributed by atoms with Crippen LogP contribution < -0.4 is 10.2 Å². The van der Waals surface area contributed by atoms with Gasteiger partial charge in [0.05, 0.1) is 12.8 Å². The third-order valence-electron chi connectivity index (χ3n) is 4.49. The highest BCUT2D eigenvalue weighted by Gasteiger charge is 2.61. The van der Waals surface area contributed by atoms with Crippen molar-refractivity contribution in [2.45, 2.75) is 32.1 Å². The molecular formula is C18H20N4O5S. The Bertz CT molecular complexity index is 915. The number of rotatable bonds is 3. The first-order valence-corrected chi connectivity index (χ1v) is 9.44. The van der Waals surface area contributed by atoms with Gasteiger partial charge in [-0.25, -0.2) is 0 Å². The van der Waals surface area contributed by atoms with Gasteiger partial charge in [0.25, 0.3) is 5.91 Å². The first-order valence-electron chi connectivity index (χ1n) is 8.62. The van der Waals surface area contributed by atoms with Crippen LogP contribution in [0.25, 0.3) is 0 Å². The van der Waals surface area contributed by atoms with Crippen molar-refractivity contribution in [1.29, 1.82) is 0 Å². The first-order chi connectivity index (χ1) is 13.2. The van der Waals surface area contributed by atoms with E-state index < -0.39 is 22.7 Å². The topological polar surface area (TPSA) is 108 Å². The number of aryl methyl sites for hydroxylation is 1. The number of methoxy groups -OCH3 is 1. The molecule has 28 heavy (non-hydrogen) atoms. The van der Waals surface area contributed by atoms with Gasteiger partial charge in [0.15, 0.2) is 5.17 Å². The minimum atomic E-state index is -1.52. The smallest absolute Gasteiger partial charge is 0.325 e. The van der Waals surface area contributed by atoms with Gasteiger partial charge in [-0.15, -0.1) is 5.10 Å². The van der Waals surface area contributed by atoms with Gasteiger partial charge in [-0.05, 0) is 35.9 Å². The molecule has 1 aromatic rings. The molecule has 148 valence electrons. The number of amides is 3. The lowest BCUT2D eigenvalue weighted by atomic mass is 10.0. The second-order valence-corrected chi connectivity index (χ2v) is 7.52. The Hall–Kier alpha value is -2.88. The van der Waals surface area contributed by atoms with E-state index in [0.717, 1.165) is 28.8 Å². The average Bonchev–Trinajstić information content (AvgIpc) is 3.13. The van der Waals surface area contributed by atoms with Crippen LogP contribution in [0.5, 0.6) is 0 Å². The lowest BCUT2D eigenvalue weighted by molar-refractivity contribution is -0.141. The van der Waals surface area contributed by atoms with Crippen molar-refractivity contribution in [3.63, 3.8) is 0 Å². The van der Waals surface area contributed by atoms with Crippen LogP contribution in [0.2, 0.25) is 0 Å². The van der Waals surface area contributed by atoms with Crippen LogP contribution in [-0.2, 0) is 35.2 Å². The number of anilines is 1. The molecule has 10 heteroatoms. The molecule has 0 aliphatic carbocycles. The Morgan fingerprint density at radius 2 is 2.00 bits per heavy atom. The number of ether oxygens (including phenoxy) is 1. The van der Waals surface area contributed by atoms with Crippen LogP contribution in [0.3, 0.4) is 0 Å². The molecule has 0 radical (unpaired) electrons. The number of fused-ring (bicyclic) bond motifs is 2. The molecule has 2 aliphatic rings. The summed E-state index contributed by atoms with van der Waals surface area (Å²) in [7, 11) is 1.24. The minimum absolute atomic E-state index is 0.142. The van der Waals surface area contributed by atoms with Gasteiger partial charge in [-0.2, -0.15) is 5.01 Å². The fourth-order valence-corrected chi connectivity index (χ4v) is 4.55. The van der Waals surface area contributed by atoms with E-state index in [1.807, 2.05) is 19.1 Å². The largest absolute Gasteiger partial charge is 0.468 e. The van der Waals surface area contributed by atoms with Gasteiger partial charge < -0.3 is 10.1 Å². The molecule has 1 atom stereocenters. The summed E-state index contributed by atoms with van der Waals surface area (Å²) in [5.74, 6) is -1.91. The van der Waals surface area contributed by atoms with Crippen LogP contribution in [0, 0.1) is 0 Å². The molecule has 2 aliphatic heterocycles. The SMILES string of the molecule is CCc1ccc2c(c1)C1(SC(NC(C)=O)=NN1C(C)=O)C(=O)N2CC(=O)OC. The van der Waals surface area contributed by atoms with E-state index in [9.17, 15) is 19.2 Å². The van der Waals surface area contributed by atoms with Crippen LogP contribution in [0.4, 0.5) is 5.69 Å². The van der Waals surface area contributed by atoms with E-state index in [0.29, 0.717) is 11.3 Å². The average molecular weight is 404 g/mol. The van der Waals surface area contributed by atoms with E-state index in [1.54, 1.807) is 6.07 Å². The van der Waals surface area contributed by atoms with Crippen LogP contribution >= 0.6 is 11.8 Å². The molecule has 1 unspecified atom stereocenters.